The molecule has 0 aliphatic carbocycles. The van der Waals surface area contributed by atoms with E-state index < -0.39 is 0 Å². The number of phenols is 2. The fourth-order valence-electron chi connectivity index (χ4n) is 2.15. The average molecular weight is 302 g/mol. The van der Waals surface area contributed by atoms with Crippen molar-refractivity contribution >= 4 is 0 Å². The maximum atomic E-state index is 10.1. The topological polar surface area (TPSA) is 58.9 Å². The first-order valence-electron chi connectivity index (χ1n) is 7.36. The van der Waals surface area contributed by atoms with Gasteiger partial charge in [-0.1, -0.05) is 0 Å². The van der Waals surface area contributed by atoms with E-state index in [1.54, 1.807) is 36.4 Å². The summed E-state index contributed by atoms with van der Waals surface area (Å²) in [5.41, 5.74) is 1.01. The zero-order valence-electron chi connectivity index (χ0n) is 13.3. The minimum absolute atomic E-state index is 0.0293. The molecule has 0 unspecified atom stereocenters. The molecule has 22 heavy (non-hydrogen) atoms. The summed E-state index contributed by atoms with van der Waals surface area (Å²) in [7, 11) is 0. The standard InChI is InChI=1S/C18H22O4/c1-11(2)21-13-5-7-17(19)15(9-13)16-10-14(22-12(3)4)6-8-18(16)20/h5-12,19-20H,1-4H3. The van der Waals surface area contributed by atoms with Gasteiger partial charge in [0.05, 0.1) is 12.2 Å². The Morgan fingerprint density at radius 2 is 1.05 bits per heavy atom. The minimum atomic E-state index is 0.0293. The lowest BCUT2D eigenvalue weighted by Gasteiger charge is -2.15. The van der Waals surface area contributed by atoms with Gasteiger partial charge in [-0.25, -0.2) is 0 Å². The van der Waals surface area contributed by atoms with Crippen LogP contribution in [0.2, 0.25) is 0 Å². The SMILES string of the molecule is CC(C)Oc1ccc(O)c(-c2cc(OC(C)C)ccc2O)c1. The van der Waals surface area contributed by atoms with Gasteiger partial charge in [-0.3, -0.25) is 0 Å². The van der Waals surface area contributed by atoms with Crippen LogP contribution in [0.15, 0.2) is 36.4 Å². The van der Waals surface area contributed by atoms with E-state index in [1.165, 1.54) is 0 Å². The van der Waals surface area contributed by atoms with E-state index in [-0.39, 0.29) is 23.7 Å². The molecule has 0 aliphatic heterocycles. The lowest BCUT2D eigenvalue weighted by Crippen LogP contribution is -2.06. The first-order chi connectivity index (χ1) is 10.4. The van der Waals surface area contributed by atoms with Crippen LogP contribution in [-0.2, 0) is 0 Å². The van der Waals surface area contributed by atoms with Crippen molar-refractivity contribution in [2.24, 2.45) is 0 Å². The summed E-state index contributed by atoms with van der Waals surface area (Å²) < 4.78 is 11.3. The van der Waals surface area contributed by atoms with Crippen LogP contribution in [-0.4, -0.2) is 22.4 Å². The van der Waals surface area contributed by atoms with E-state index in [2.05, 4.69) is 0 Å². The highest BCUT2D eigenvalue weighted by Gasteiger charge is 2.13. The van der Waals surface area contributed by atoms with Gasteiger partial charge in [-0.05, 0) is 64.1 Å². The zero-order chi connectivity index (χ0) is 16.3. The molecule has 0 atom stereocenters. The van der Waals surface area contributed by atoms with Crippen molar-refractivity contribution in [3.05, 3.63) is 36.4 Å². The lowest BCUT2D eigenvalue weighted by molar-refractivity contribution is 0.241. The summed E-state index contributed by atoms with van der Waals surface area (Å²) in [5.74, 6) is 1.43. The van der Waals surface area contributed by atoms with Gasteiger partial charge in [0.15, 0.2) is 0 Å². The Kier molecular flexibility index (Phi) is 4.81. The van der Waals surface area contributed by atoms with Crippen molar-refractivity contribution in [3.8, 4) is 34.1 Å². The van der Waals surface area contributed by atoms with Crippen LogP contribution in [0.3, 0.4) is 0 Å². The molecule has 0 heterocycles. The van der Waals surface area contributed by atoms with Crippen molar-refractivity contribution in [2.75, 3.05) is 0 Å². The molecule has 0 radical (unpaired) electrons. The van der Waals surface area contributed by atoms with Crippen LogP contribution in [0, 0.1) is 0 Å². The van der Waals surface area contributed by atoms with E-state index in [9.17, 15) is 10.2 Å². The van der Waals surface area contributed by atoms with Gasteiger partial charge in [0.2, 0.25) is 0 Å². The second-order valence-corrected chi connectivity index (χ2v) is 5.69. The third-order valence-corrected chi connectivity index (χ3v) is 2.97. The van der Waals surface area contributed by atoms with Crippen molar-refractivity contribution in [2.45, 2.75) is 39.9 Å². The Bertz CT molecular complexity index is 590. The Morgan fingerprint density at radius 3 is 1.36 bits per heavy atom. The summed E-state index contributed by atoms with van der Waals surface area (Å²) in [4.78, 5) is 0. The van der Waals surface area contributed by atoms with Gasteiger partial charge in [0.25, 0.3) is 0 Å². The van der Waals surface area contributed by atoms with Crippen LogP contribution >= 0.6 is 0 Å². The van der Waals surface area contributed by atoms with Gasteiger partial charge in [-0.15, -0.1) is 0 Å². The Balaban J connectivity index is 2.45. The Morgan fingerprint density at radius 1 is 0.682 bits per heavy atom. The summed E-state index contributed by atoms with van der Waals surface area (Å²) in [5, 5.41) is 20.2. The molecule has 0 spiro atoms. The number of hydrogen-bond acceptors (Lipinski definition) is 4. The largest absolute Gasteiger partial charge is 0.507 e. The van der Waals surface area contributed by atoms with Crippen molar-refractivity contribution < 1.29 is 19.7 Å². The predicted octanol–water partition coefficient (Wildman–Crippen LogP) is 4.34. The van der Waals surface area contributed by atoms with Crippen LogP contribution in [0.4, 0.5) is 0 Å². The van der Waals surface area contributed by atoms with Crippen LogP contribution in [0.5, 0.6) is 23.0 Å². The monoisotopic (exact) mass is 302 g/mol. The molecule has 2 aromatic rings. The van der Waals surface area contributed by atoms with E-state index in [0.717, 1.165) is 0 Å². The molecule has 0 amide bonds. The first kappa shape index (κ1) is 16.0. The van der Waals surface area contributed by atoms with Gasteiger partial charge < -0.3 is 19.7 Å². The van der Waals surface area contributed by atoms with Gasteiger partial charge >= 0.3 is 0 Å². The van der Waals surface area contributed by atoms with E-state index in [1.807, 2.05) is 27.7 Å². The van der Waals surface area contributed by atoms with E-state index in [4.69, 9.17) is 9.47 Å². The predicted molar refractivity (Wildman–Crippen MR) is 86.7 cm³/mol. The molecule has 2 rings (SSSR count). The minimum Gasteiger partial charge on any atom is -0.507 e. The van der Waals surface area contributed by atoms with Gasteiger partial charge in [-0.2, -0.15) is 0 Å². The van der Waals surface area contributed by atoms with Crippen LogP contribution in [0.1, 0.15) is 27.7 Å². The molecule has 0 saturated carbocycles. The summed E-state index contributed by atoms with van der Waals surface area (Å²) >= 11 is 0. The van der Waals surface area contributed by atoms with Gasteiger partial charge in [0, 0.05) is 11.1 Å². The molecule has 4 heteroatoms. The molecule has 0 bridgehead atoms. The molecule has 0 aliphatic rings. The number of aromatic hydroxyl groups is 2. The second kappa shape index (κ2) is 6.60. The molecule has 2 aromatic carbocycles. The van der Waals surface area contributed by atoms with Gasteiger partial charge in [0.1, 0.15) is 23.0 Å². The molecule has 118 valence electrons. The smallest absolute Gasteiger partial charge is 0.123 e. The quantitative estimate of drug-likeness (QED) is 0.862. The number of benzene rings is 2. The average Bonchev–Trinajstić information content (AvgIpc) is 2.42. The van der Waals surface area contributed by atoms with Crippen molar-refractivity contribution in [1.82, 2.24) is 0 Å². The molecule has 0 saturated heterocycles. The summed E-state index contributed by atoms with van der Waals surface area (Å²) in [6, 6.07) is 9.94. The number of rotatable bonds is 5. The summed E-state index contributed by atoms with van der Waals surface area (Å²) in [6.45, 7) is 7.73. The van der Waals surface area contributed by atoms with E-state index in [0.29, 0.717) is 22.6 Å². The Hall–Kier alpha value is -2.36. The number of phenolic OH excluding ortho intramolecular Hbond substituents is 2. The maximum absolute atomic E-state index is 10.1. The third kappa shape index (κ3) is 3.85. The van der Waals surface area contributed by atoms with Crippen molar-refractivity contribution in [3.63, 3.8) is 0 Å². The first-order valence-corrected chi connectivity index (χ1v) is 7.36. The van der Waals surface area contributed by atoms with E-state index >= 15 is 0 Å². The highest BCUT2D eigenvalue weighted by molar-refractivity contribution is 5.77. The second-order valence-electron chi connectivity index (χ2n) is 5.69. The fraction of sp³-hybridized carbons (Fsp3) is 0.333. The highest BCUT2D eigenvalue weighted by atomic mass is 16.5. The molecular weight excluding hydrogens is 280 g/mol. The highest BCUT2D eigenvalue weighted by Crippen LogP contribution is 2.39. The molecule has 4 nitrogen and oxygen atoms in total. The fourth-order valence-corrected chi connectivity index (χ4v) is 2.15. The molecule has 2 N–H and O–H groups in total. The van der Waals surface area contributed by atoms with Crippen molar-refractivity contribution in [1.29, 1.82) is 0 Å². The molecular formula is C18H22O4. The normalized spacial score (nSPS) is 11.0. The molecule has 0 aromatic heterocycles. The zero-order valence-corrected chi connectivity index (χ0v) is 13.3. The maximum Gasteiger partial charge on any atom is 0.123 e. The third-order valence-electron chi connectivity index (χ3n) is 2.97. The molecule has 0 fully saturated rings. The van der Waals surface area contributed by atoms with Crippen LogP contribution in [0.25, 0.3) is 11.1 Å². The summed E-state index contributed by atoms with van der Waals surface area (Å²) in [6.07, 6.45) is 0.0585. The number of ether oxygens (including phenoxy) is 2. The number of hydrogen-bond donors (Lipinski definition) is 2. The Labute approximate surface area is 130 Å². The van der Waals surface area contributed by atoms with Crippen LogP contribution < -0.4 is 9.47 Å². The lowest BCUT2D eigenvalue weighted by atomic mass is 10.0.